The third kappa shape index (κ3) is 6.30. The number of carbonyl (C=O) groups is 3. The molecule has 10 nitrogen and oxygen atoms in total. The first-order chi connectivity index (χ1) is 18.5. The lowest BCUT2D eigenvalue weighted by molar-refractivity contribution is -0.118. The Morgan fingerprint density at radius 1 is 0.947 bits per heavy atom. The first-order valence-corrected chi connectivity index (χ1v) is 11.8. The lowest BCUT2D eigenvalue weighted by atomic mass is 10.1. The van der Waals surface area contributed by atoms with E-state index in [0.717, 1.165) is 5.56 Å². The van der Waals surface area contributed by atoms with Crippen LogP contribution >= 0.6 is 0 Å². The summed E-state index contributed by atoms with van der Waals surface area (Å²) in [6.07, 6.45) is 3.05. The van der Waals surface area contributed by atoms with Crippen LogP contribution in [-0.4, -0.2) is 40.3 Å². The molecule has 0 fully saturated rings. The zero-order valence-corrected chi connectivity index (χ0v) is 20.6. The van der Waals surface area contributed by atoms with Gasteiger partial charge in [0.05, 0.1) is 29.6 Å². The van der Waals surface area contributed by atoms with Crippen molar-refractivity contribution in [3.8, 4) is 17.0 Å². The van der Waals surface area contributed by atoms with Gasteiger partial charge in [-0.25, -0.2) is 5.43 Å². The molecule has 0 aliphatic heterocycles. The maximum Gasteiger partial charge on any atom is 0.273 e. The molecule has 38 heavy (non-hydrogen) atoms. The van der Waals surface area contributed by atoms with Gasteiger partial charge < -0.3 is 15.8 Å². The SMILES string of the molecule is CCOc1ccccc1C(=O)Nc1ccccc1C(=O)NN=Cc1cn(CC(N)=O)nc1-c1ccccc1. The van der Waals surface area contributed by atoms with Gasteiger partial charge in [0.15, 0.2) is 0 Å². The van der Waals surface area contributed by atoms with Gasteiger partial charge in [-0.1, -0.05) is 54.6 Å². The number of nitrogens with two attached hydrogens (primary N) is 1. The minimum Gasteiger partial charge on any atom is -0.493 e. The third-order valence-electron chi connectivity index (χ3n) is 5.38. The summed E-state index contributed by atoms with van der Waals surface area (Å²) in [7, 11) is 0. The number of nitrogens with zero attached hydrogens (tertiary/aromatic N) is 3. The Labute approximate surface area is 219 Å². The van der Waals surface area contributed by atoms with Crippen molar-refractivity contribution >= 4 is 29.6 Å². The number of hydrogen-bond donors (Lipinski definition) is 3. The van der Waals surface area contributed by atoms with Gasteiger partial charge in [0.25, 0.3) is 11.8 Å². The molecular weight excluding hydrogens is 484 g/mol. The van der Waals surface area contributed by atoms with Crippen molar-refractivity contribution in [1.29, 1.82) is 0 Å². The number of hydrogen-bond acceptors (Lipinski definition) is 6. The molecule has 0 saturated heterocycles. The van der Waals surface area contributed by atoms with E-state index in [-0.39, 0.29) is 12.1 Å². The molecule has 0 unspecified atom stereocenters. The number of amides is 3. The van der Waals surface area contributed by atoms with Crippen LogP contribution in [0.25, 0.3) is 11.3 Å². The molecule has 0 aliphatic rings. The molecule has 10 heteroatoms. The molecular formula is C28H26N6O4. The first kappa shape index (κ1) is 25.8. The van der Waals surface area contributed by atoms with Gasteiger partial charge in [0, 0.05) is 17.3 Å². The average Bonchev–Trinajstić information content (AvgIpc) is 3.31. The van der Waals surface area contributed by atoms with E-state index in [0.29, 0.717) is 34.9 Å². The van der Waals surface area contributed by atoms with Crippen LogP contribution in [0.3, 0.4) is 0 Å². The van der Waals surface area contributed by atoms with E-state index in [1.165, 1.54) is 10.9 Å². The average molecular weight is 511 g/mol. The lowest BCUT2D eigenvalue weighted by Crippen LogP contribution is -2.21. The van der Waals surface area contributed by atoms with Crippen molar-refractivity contribution in [1.82, 2.24) is 15.2 Å². The molecule has 0 atom stereocenters. The fourth-order valence-corrected chi connectivity index (χ4v) is 3.73. The number of rotatable bonds is 10. The quantitative estimate of drug-likeness (QED) is 0.221. The van der Waals surface area contributed by atoms with Crippen molar-refractivity contribution in [2.75, 3.05) is 11.9 Å². The second-order valence-electron chi connectivity index (χ2n) is 8.09. The van der Waals surface area contributed by atoms with Crippen molar-refractivity contribution in [2.24, 2.45) is 10.8 Å². The number of benzene rings is 3. The van der Waals surface area contributed by atoms with Gasteiger partial charge in [-0.05, 0) is 31.2 Å². The van der Waals surface area contributed by atoms with E-state index < -0.39 is 17.7 Å². The molecule has 0 saturated carbocycles. The highest BCUT2D eigenvalue weighted by Crippen LogP contribution is 2.22. The van der Waals surface area contributed by atoms with Crippen LogP contribution < -0.4 is 21.2 Å². The summed E-state index contributed by atoms with van der Waals surface area (Å²) < 4.78 is 6.96. The largest absolute Gasteiger partial charge is 0.493 e. The van der Waals surface area contributed by atoms with E-state index >= 15 is 0 Å². The van der Waals surface area contributed by atoms with Crippen molar-refractivity contribution in [3.63, 3.8) is 0 Å². The van der Waals surface area contributed by atoms with Crippen LogP contribution in [0.1, 0.15) is 33.2 Å². The van der Waals surface area contributed by atoms with E-state index in [1.807, 2.05) is 37.3 Å². The Balaban J connectivity index is 1.52. The van der Waals surface area contributed by atoms with E-state index in [1.54, 1.807) is 54.7 Å². The van der Waals surface area contributed by atoms with Crippen LogP contribution in [0.5, 0.6) is 5.75 Å². The number of ether oxygens (including phenoxy) is 1. The van der Waals surface area contributed by atoms with Crippen molar-refractivity contribution < 1.29 is 19.1 Å². The fraction of sp³-hybridized carbons (Fsp3) is 0.107. The Morgan fingerprint density at radius 3 is 2.37 bits per heavy atom. The number of aromatic nitrogens is 2. The number of nitrogens with one attached hydrogen (secondary N) is 2. The summed E-state index contributed by atoms with van der Waals surface area (Å²) in [5, 5.41) is 11.3. The van der Waals surface area contributed by atoms with Crippen LogP contribution in [-0.2, 0) is 11.3 Å². The monoisotopic (exact) mass is 510 g/mol. The highest BCUT2D eigenvalue weighted by Gasteiger charge is 2.17. The molecule has 0 aliphatic carbocycles. The molecule has 4 rings (SSSR count). The van der Waals surface area contributed by atoms with Crippen LogP contribution in [0.2, 0.25) is 0 Å². The number of carbonyl (C=O) groups excluding carboxylic acids is 3. The van der Waals surface area contributed by atoms with Crippen LogP contribution in [0.15, 0.2) is 90.2 Å². The molecule has 4 N–H and O–H groups in total. The number of para-hydroxylation sites is 2. The summed E-state index contributed by atoms with van der Waals surface area (Å²) >= 11 is 0. The van der Waals surface area contributed by atoms with Gasteiger partial charge in [0.1, 0.15) is 18.0 Å². The second kappa shape index (κ2) is 12.1. The zero-order chi connectivity index (χ0) is 26.9. The summed E-state index contributed by atoms with van der Waals surface area (Å²) in [6.45, 7) is 2.15. The highest BCUT2D eigenvalue weighted by atomic mass is 16.5. The van der Waals surface area contributed by atoms with Crippen LogP contribution in [0, 0.1) is 0 Å². The van der Waals surface area contributed by atoms with E-state index in [2.05, 4.69) is 20.9 Å². The minimum atomic E-state index is -0.536. The van der Waals surface area contributed by atoms with Gasteiger partial charge in [-0.3, -0.25) is 19.1 Å². The Bertz CT molecular complexity index is 1480. The Kier molecular flexibility index (Phi) is 8.25. The van der Waals surface area contributed by atoms with Crippen molar-refractivity contribution in [2.45, 2.75) is 13.5 Å². The molecule has 3 amide bonds. The topological polar surface area (TPSA) is 141 Å². The van der Waals surface area contributed by atoms with Gasteiger partial charge >= 0.3 is 0 Å². The summed E-state index contributed by atoms with van der Waals surface area (Å²) in [4.78, 5) is 37.3. The number of anilines is 1. The number of primary amides is 1. The summed E-state index contributed by atoms with van der Waals surface area (Å²) in [6, 6.07) is 22.8. The maximum atomic E-state index is 13.0. The molecule has 1 aromatic heterocycles. The molecule has 0 bridgehead atoms. The maximum absolute atomic E-state index is 13.0. The molecule has 0 radical (unpaired) electrons. The van der Waals surface area contributed by atoms with Gasteiger partial charge in [0.2, 0.25) is 5.91 Å². The third-order valence-corrected chi connectivity index (χ3v) is 5.38. The van der Waals surface area contributed by atoms with Crippen molar-refractivity contribution in [3.05, 3.63) is 102 Å². The van der Waals surface area contributed by atoms with E-state index in [4.69, 9.17) is 10.5 Å². The standard InChI is InChI=1S/C28H26N6O4/c1-2-38-24-15-9-7-13-22(24)27(36)31-23-14-8-6-12-21(23)28(37)32-30-16-20-17-34(18-25(29)35)33-26(20)19-10-4-3-5-11-19/h3-17H,2,18H2,1H3,(H2,29,35)(H,31,36)(H,32,37). The Hall–Kier alpha value is -5.25. The van der Waals surface area contributed by atoms with Crippen LogP contribution in [0.4, 0.5) is 5.69 Å². The van der Waals surface area contributed by atoms with Gasteiger partial charge in [-0.15, -0.1) is 0 Å². The Morgan fingerprint density at radius 2 is 1.63 bits per heavy atom. The molecule has 3 aromatic carbocycles. The summed E-state index contributed by atoms with van der Waals surface area (Å²) in [5.41, 5.74) is 10.6. The summed E-state index contributed by atoms with van der Waals surface area (Å²) in [5.74, 6) is -1.02. The number of hydrazone groups is 1. The zero-order valence-electron chi connectivity index (χ0n) is 20.6. The highest BCUT2D eigenvalue weighted by molar-refractivity contribution is 6.10. The molecule has 192 valence electrons. The molecule has 1 heterocycles. The minimum absolute atomic E-state index is 0.0977. The van der Waals surface area contributed by atoms with Gasteiger partial charge in [-0.2, -0.15) is 10.2 Å². The smallest absolute Gasteiger partial charge is 0.273 e. The fourth-order valence-electron chi connectivity index (χ4n) is 3.73. The first-order valence-electron chi connectivity index (χ1n) is 11.8. The lowest BCUT2D eigenvalue weighted by Gasteiger charge is -2.12. The normalized spacial score (nSPS) is 10.8. The second-order valence-corrected chi connectivity index (χ2v) is 8.09. The molecule has 0 spiro atoms. The van der Waals surface area contributed by atoms with E-state index in [9.17, 15) is 14.4 Å². The predicted molar refractivity (Wildman–Crippen MR) is 144 cm³/mol. The molecule has 4 aromatic rings. The predicted octanol–water partition coefficient (Wildman–Crippen LogP) is 3.45.